The van der Waals surface area contributed by atoms with Gasteiger partial charge in [0.2, 0.25) is 0 Å². The van der Waals surface area contributed by atoms with Crippen LogP contribution in [0.25, 0.3) is 0 Å². The van der Waals surface area contributed by atoms with Gasteiger partial charge in [-0.05, 0) is 12.8 Å². The molecule has 0 heterocycles. The molecule has 0 N–H and O–H groups in total. The number of hydrogen-bond acceptors (Lipinski definition) is 1. The van der Waals surface area contributed by atoms with Crippen molar-refractivity contribution in [1.82, 2.24) is 0 Å². The molecule has 0 aromatic rings. The molecule has 1 nitrogen and oxygen atoms in total. The normalized spacial score (nSPS) is 20.1. The lowest BCUT2D eigenvalue weighted by Gasteiger charge is -2.19. The fraction of sp³-hybridized carbons (Fsp3) is 0.889. The van der Waals surface area contributed by atoms with Crippen molar-refractivity contribution < 1.29 is 4.79 Å². The third-order valence-electron chi connectivity index (χ3n) is 2.40. The molecule has 64 valence electrons. The molecular formula is C9H15IO. The second-order valence-electron chi connectivity index (χ2n) is 3.24. The Hall–Kier alpha value is 0.400. The maximum atomic E-state index is 11.4. The highest BCUT2D eigenvalue weighted by atomic mass is 127. The minimum atomic E-state index is 0.429. The highest BCUT2D eigenvalue weighted by molar-refractivity contribution is 14.1. The van der Waals surface area contributed by atoms with E-state index in [0.29, 0.717) is 11.7 Å². The van der Waals surface area contributed by atoms with Crippen LogP contribution >= 0.6 is 22.6 Å². The Morgan fingerprint density at radius 3 is 2.45 bits per heavy atom. The van der Waals surface area contributed by atoms with E-state index >= 15 is 0 Å². The number of hydrogen-bond donors (Lipinski definition) is 0. The maximum Gasteiger partial charge on any atom is 0.136 e. The van der Waals surface area contributed by atoms with Crippen LogP contribution in [0.5, 0.6) is 0 Å². The first-order valence-electron chi connectivity index (χ1n) is 4.43. The van der Waals surface area contributed by atoms with Crippen LogP contribution in [-0.4, -0.2) is 10.2 Å². The van der Waals surface area contributed by atoms with Crippen LogP contribution < -0.4 is 0 Å². The number of ketones is 1. The number of carbonyl (C=O) groups excluding carboxylic acids is 1. The Labute approximate surface area is 82.1 Å². The Bertz CT molecular complexity index is 128. The van der Waals surface area contributed by atoms with Crippen LogP contribution in [0.1, 0.15) is 38.5 Å². The van der Waals surface area contributed by atoms with Crippen LogP contribution in [0, 0.1) is 5.92 Å². The molecule has 11 heavy (non-hydrogen) atoms. The molecule has 0 aromatic carbocycles. The lowest BCUT2D eigenvalue weighted by molar-refractivity contribution is -0.123. The van der Waals surface area contributed by atoms with E-state index in [1.54, 1.807) is 0 Å². The molecule has 1 rings (SSSR count). The first-order valence-corrected chi connectivity index (χ1v) is 5.96. The topological polar surface area (TPSA) is 17.1 Å². The standard InChI is InChI=1S/C9H15IO/c10-7-6-9(11)8-4-2-1-3-5-8/h8H,1-7H2. The number of halogens is 1. The quantitative estimate of drug-likeness (QED) is 0.567. The lowest BCUT2D eigenvalue weighted by atomic mass is 9.85. The second kappa shape index (κ2) is 5.12. The van der Waals surface area contributed by atoms with Gasteiger partial charge in [0.25, 0.3) is 0 Å². The molecule has 0 aliphatic heterocycles. The monoisotopic (exact) mass is 266 g/mol. The molecule has 0 bridgehead atoms. The van der Waals surface area contributed by atoms with Crippen molar-refractivity contribution in [3.05, 3.63) is 0 Å². The Kier molecular flexibility index (Phi) is 4.41. The first-order chi connectivity index (χ1) is 5.34. The summed E-state index contributed by atoms with van der Waals surface area (Å²) in [4.78, 5) is 11.4. The highest BCUT2D eigenvalue weighted by Crippen LogP contribution is 2.25. The van der Waals surface area contributed by atoms with E-state index < -0.39 is 0 Å². The van der Waals surface area contributed by atoms with Crippen LogP contribution in [0.15, 0.2) is 0 Å². The lowest BCUT2D eigenvalue weighted by Crippen LogP contribution is -2.17. The molecule has 0 spiro atoms. The van der Waals surface area contributed by atoms with E-state index in [0.717, 1.165) is 23.7 Å². The predicted molar refractivity (Wildman–Crippen MR) is 55.1 cm³/mol. The Morgan fingerprint density at radius 2 is 1.91 bits per heavy atom. The molecule has 1 fully saturated rings. The SMILES string of the molecule is O=C(CCI)C1CCCCC1. The molecule has 1 aliphatic carbocycles. The van der Waals surface area contributed by atoms with Gasteiger partial charge >= 0.3 is 0 Å². The van der Waals surface area contributed by atoms with Gasteiger partial charge in [0.15, 0.2) is 0 Å². The molecule has 0 radical (unpaired) electrons. The summed E-state index contributed by atoms with van der Waals surface area (Å²) in [5.74, 6) is 0.942. The molecule has 2 heteroatoms. The number of alkyl halides is 1. The maximum absolute atomic E-state index is 11.4. The molecule has 0 atom stereocenters. The molecule has 0 saturated heterocycles. The van der Waals surface area contributed by atoms with Gasteiger partial charge in [-0.1, -0.05) is 41.9 Å². The number of carbonyl (C=O) groups is 1. The number of Topliss-reactive ketones (excluding diaryl/α,β-unsaturated/α-hetero) is 1. The summed E-state index contributed by atoms with van der Waals surface area (Å²) < 4.78 is 0.993. The van der Waals surface area contributed by atoms with Gasteiger partial charge in [0, 0.05) is 16.8 Å². The Morgan fingerprint density at radius 1 is 1.27 bits per heavy atom. The summed E-state index contributed by atoms with van der Waals surface area (Å²) in [5.41, 5.74) is 0. The van der Waals surface area contributed by atoms with Crippen LogP contribution in [0.4, 0.5) is 0 Å². The van der Waals surface area contributed by atoms with E-state index in [1.807, 2.05) is 0 Å². The van der Waals surface area contributed by atoms with Gasteiger partial charge in [-0.2, -0.15) is 0 Å². The molecular weight excluding hydrogens is 251 g/mol. The summed E-state index contributed by atoms with van der Waals surface area (Å²) in [6.07, 6.45) is 7.01. The summed E-state index contributed by atoms with van der Waals surface area (Å²) >= 11 is 2.28. The summed E-state index contributed by atoms with van der Waals surface area (Å²) in [6.45, 7) is 0. The molecule has 0 aromatic heterocycles. The minimum absolute atomic E-state index is 0.429. The molecule has 1 aliphatic rings. The van der Waals surface area contributed by atoms with Crippen molar-refractivity contribution >= 4 is 28.4 Å². The van der Waals surface area contributed by atoms with Gasteiger partial charge in [-0.3, -0.25) is 4.79 Å². The van der Waals surface area contributed by atoms with E-state index in [1.165, 1.54) is 19.3 Å². The third kappa shape index (κ3) is 3.09. The van der Waals surface area contributed by atoms with Crippen LogP contribution in [0.2, 0.25) is 0 Å². The third-order valence-corrected chi connectivity index (χ3v) is 2.94. The van der Waals surface area contributed by atoms with Crippen molar-refractivity contribution in [2.24, 2.45) is 5.92 Å². The van der Waals surface area contributed by atoms with E-state index in [2.05, 4.69) is 22.6 Å². The zero-order chi connectivity index (χ0) is 8.10. The fourth-order valence-corrected chi connectivity index (χ4v) is 2.25. The summed E-state index contributed by atoms with van der Waals surface area (Å²) in [5, 5.41) is 0. The predicted octanol–water partition coefficient (Wildman–Crippen LogP) is 2.96. The van der Waals surface area contributed by atoms with Gasteiger partial charge in [0.05, 0.1) is 0 Å². The fourth-order valence-electron chi connectivity index (χ4n) is 1.72. The van der Waals surface area contributed by atoms with E-state index in [4.69, 9.17) is 0 Å². The van der Waals surface area contributed by atoms with E-state index in [-0.39, 0.29) is 0 Å². The van der Waals surface area contributed by atoms with Gasteiger partial charge in [0.1, 0.15) is 5.78 Å². The largest absolute Gasteiger partial charge is 0.299 e. The molecule has 0 amide bonds. The van der Waals surface area contributed by atoms with E-state index in [9.17, 15) is 4.79 Å². The number of rotatable bonds is 3. The van der Waals surface area contributed by atoms with Gasteiger partial charge in [-0.25, -0.2) is 0 Å². The van der Waals surface area contributed by atoms with Crippen molar-refractivity contribution in [3.8, 4) is 0 Å². The summed E-state index contributed by atoms with van der Waals surface area (Å²) in [6, 6.07) is 0. The minimum Gasteiger partial charge on any atom is -0.299 e. The molecule has 1 saturated carbocycles. The van der Waals surface area contributed by atoms with Crippen LogP contribution in [-0.2, 0) is 4.79 Å². The summed E-state index contributed by atoms with van der Waals surface area (Å²) in [7, 11) is 0. The van der Waals surface area contributed by atoms with Crippen molar-refractivity contribution in [1.29, 1.82) is 0 Å². The van der Waals surface area contributed by atoms with Gasteiger partial charge in [-0.15, -0.1) is 0 Å². The average Bonchev–Trinajstić information content (AvgIpc) is 2.07. The smallest absolute Gasteiger partial charge is 0.136 e. The zero-order valence-electron chi connectivity index (χ0n) is 6.81. The first kappa shape index (κ1) is 9.49. The Balaban J connectivity index is 2.27. The average molecular weight is 266 g/mol. The second-order valence-corrected chi connectivity index (χ2v) is 4.32. The van der Waals surface area contributed by atoms with Crippen molar-refractivity contribution in [3.63, 3.8) is 0 Å². The van der Waals surface area contributed by atoms with Crippen molar-refractivity contribution in [2.45, 2.75) is 38.5 Å². The van der Waals surface area contributed by atoms with Crippen molar-refractivity contribution in [2.75, 3.05) is 4.43 Å². The zero-order valence-corrected chi connectivity index (χ0v) is 8.97. The highest BCUT2D eigenvalue weighted by Gasteiger charge is 2.19. The molecule has 0 unspecified atom stereocenters. The van der Waals surface area contributed by atoms with Gasteiger partial charge < -0.3 is 0 Å². The van der Waals surface area contributed by atoms with Crippen LogP contribution in [0.3, 0.4) is 0 Å².